The molecule has 18 heavy (non-hydrogen) atoms. The summed E-state index contributed by atoms with van der Waals surface area (Å²) in [6, 6.07) is 0. The van der Waals surface area contributed by atoms with Gasteiger partial charge in [-0.1, -0.05) is 12.8 Å². The Kier molecular flexibility index (Phi) is 3.57. The van der Waals surface area contributed by atoms with Crippen LogP contribution >= 0.6 is 0 Å². The van der Waals surface area contributed by atoms with Gasteiger partial charge in [-0.3, -0.25) is 4.79 Å². The van der Waals surface area contributed by atoms with Gasteiger partial charge >= 0.3 is 0 Å². The maximum absolute atomic E-state index is 13.0. The van der Waals surface area contributed by atoms with E-state index in [0.717, 1.165) is 52.1 Å². The maximum Gasteiger partial charge on any atom is 0.230 e. The summed E-state index contributed by atoms with van der Waals surface area (Å²) in [7, 11) is 0. The first-order chi connectivity index (χ1) is 8.83. The van der Waals surface area contributed by atoms with Gasteiger partial charge in [0, 0.05) is 26.2 Å². The molecule has 1 amide bonds. The molecule has 4 heteroatoms. The van der Waals surface area contributed by atoms with Gasteiger partial charge in [0.1, 0.15) is 0 Å². The highest BCUT2D eigenvalue weighted by atomic mass is 16.2. The first-order valence-corrected chi connectivity index (χ1v) is 7.54. The number of fused-ring (bicyclic) bond motifs is 1. The van der Waals surface area contributed by atoms with E-state index >= 15 is 0 Å². The second-order valence-corrected chi connectivity index (χ2v) is 6.13. The van der Waals surface area contributed by atoms with Crippen LogP contribution in [0.4, 0.5) is 0 Å². The first kappa shape index (κ1) is 12.4. The average molecular weight is 251 g/mol. The highest BCUT2D eigenvalue weighted by Crippen LogP contribution is 2.45. The standard InChI is InChI=1S/C14H25N3O/c18-13(17-8-3-6-15-7-9-17)14-5-2-1-4-12(14)10-16-11-14/h12,15-16H,1-11H2/t12-,14+/m0/s1. The Hall–Kier alpha value is -0.610. The lowest BCUT2D eigenvalue weighted by atomic mass is 9.67. The van der Waals surface area contributed by atoms with E-state index in [0.29, 0.717) is 11.8 Å². The van der Waals surface area contributed by atoms with Crippen molar-refractivity contribution in [2.45, 2.75) is 32.1 Å². The molecule has 1 aliphatic carbocycles. The Labute approximate surface area is 109 Å². The SMILES string of the molecule is O=C(N1CCCNCC1)[C@@]12CCCC[C@H]1CNC2. The van der Waals surface area contributed by atoms with Crippen molar-refractivity contribution in [3.8, 4) is 0 Å². The summed E-state index contributed by atoms with van der Waals surface area (Å²) >= 11 is 0. The molecule has 1 saturated carbocycles. The minimum absolute atomic E-state index is 0.0530. The quantitative estimate of drug-likeness (QED) is 0.717. The molecule has 0 aromatic heterocycles. The molecule has 0 unspecified atom stereocenters. The van der Waals surface area contributed by atoms with Crippen LogP contribution in [0.5, 0.6) is 0 Å². The van der Waals surface area contributed by atoms with Crippen LogP contribution < -0.4 is 10.6 Å². The van der Waals surface area contributed by atoms with Crippen LogP contribution in [0.2, 0.25) is 0 Å². The van der Waals surface area contributed by atoms with Crippen LogP contribution in [0.1, 0.15) is 32.1 Å². The fourth-order valence-electron chi connectivity index (χ4n) is 4.03. The number of hydrogen-bond acceptors (Lipinski definition) is 3. The third-order valence-corrected chi connectivity index (χ3v) is 5.09. The monoisotopic (exact) mass is 251 g/mol. The molecule has 0 bridgehead atoms. The van der Waals surface area contributed by atoms with Gasteiger partial charge in [-0.2, -0.15) is 0 Å². The molecule has 0 spiro atoms. The fourth-order valence-corrected chi connectivity index (χ4v) is 4.03. The molecule has 102 valence electrons. The minimum Gasteiger partial charge on any atom is -0.341 e. The topological polar surface area (TPSA) is 44.4 Å². The summed E-state index contributed by atoms with van der Waals surface area (Å²) < 4.78 is 0. The molecule has 2 heterocycles. The van der Waals surface area contributed by atoms with E-state index in [1.165, 1.54) is 19.3 Å². The lowest BCUT2D eigenvalue weighted by Crippen LogP contribution is -2.50. The lowest BCUT2D eigenvalue weighted by Gasteiger charge is -2.40. The smallest absolute Gasteiger partial charge is 0.230 e. The Morgan fingerprint density at radius 1 is 1.11 bits per heavy atom. The summed E-state index contributed by atoms with van der Waals surface area (Å²) in [5, 5.41) is 6.86. The summed E-state index contributed by atoms with van der Waals surface area (Å²) in [5.41, 5.74) is -0.0530. The number of rotatable bonds is 1. The molecule has 2 saturated heterocycles. The minimum atomic E-state index is -0.0530. The first-order valence-electron chi connectivity index (χ1n) is 7.54. The Morgan fingerprint density at radius 2 is 2.06 bits per heavy atom. The van der Waals surface area contributed by atoms with Crippen molar-refractivity contribution in [3.63, 3.8) is 0 Å². The Morgan fingerprint density at radius 3 is 3.00 bits per heavy atom. The van der Waals surface area contributed by atoms with E-state index in [9.17, 15) is 4.79 Å². The highest BCUT2D eigenvalue weighted by Gasteiger charge is 2.51. The number of hydrogen-bond donors (Lipinski definition) is 2. The van der Waals surface area contributed by atoms with Gasteiger partial charge in [-0.05, 0) is 38.3 Å². The van der Waals surface area contributed by atoms with Gasteiger partial charge in [0.2, 0.25) is 5.91 Å². The molecule has 3 rings (SSSR count). The molecule has 3 aliphatic rings. The zero-order valence-corrected chi connectivity index (χ0v) is 11.2. The molecular weight excluding hydrogens is 226 g/mol. The number of carbonyl (C=O) groups excluding carboxylic acids is 1. The van der Waals surface area contributed by atoms with Gasteiger partial charge in [-0.25, -0.2) is 0 Å². The van der Waals surface area contributed by atoms with Crippen molar-refractivity contribution >= 4 is 5.91 Å². The van der Waals surface area contributed by atoms with Crippen LogP contribution in [-0.2, 0) is 4.79 Å². The normalized spacial score (nSPS) is 37.1. The summed E-state index contributed by atoms with van der Waals surface area (Å²) in [5.74, 6) is 1.04. The Balaban J connectivity index is 1.76. The largest absolute Gasteiger partial charge is 0.341 e. The molecule has 3 fully saturated rings. The lowest BCUT2D eigenvalue weighted by molar-refractivity contribution is -0.145. The Bertz CT molecular complexity index is 312. The molecular formula is C14H25N3O. The number of amides is 1. The zero-order chi connectivity index (χ0) is 12.4. The predicted molar refractivity (Wildman–Crippen MR) is 71.3 cm³/mol. The van der Waals surface area contributed by atoms with Crippen molar-refractivity contribution in [2.75, 3.05) is 39.3 Å². The third-order valence-electron chi connectivity index (χ3n) is 5.09. The van der Waals surface area contributed by atoms with Gasteiger partial charge in [0.25, 0.3) is 0 Å². The summed E-state index contributed by atoms with van der Waals surface area (Å²) in [6.07, 6.45) is 5.98. The summed E-state index contributed by atoms with van der Waals surface area (Å²) in [6.45, 7) is 5.82. The molecule has 4 nitrogen and oxygen atoms in total. The fraction of sp³-hybridized carbons (Fsp3) is 0.929. The van der Waals surface area contributed by atoms with Crippen molar-refractivity contribution < 1.29 is 4.79 Å². The predicted octanol–water partition coefficient (Wildman–Crippen LogP) is 0.588. The third kappa shape index (κ3) is 2.05. The molecule has 2 aliphatic heterocycles. The molecule has 0 aromatic carbocycles. The number of carbonyl (C=O) groups is 1. The summed E-state index contributed by atoms with van der Waals surface area (Å²) in [4.78, 5) is 15.1. The molecule has 0 aromatic rings. The van der Waals surface area contributed by atoms with Gasteiger partial charge in [-0.15, -0.1) is 0 Å². The van der Waals surface area contributed by atoms with Crippen molar-refractivity contribution in [1.82, 2.24) is 15.5 Å². The second-order valence-electron chi connectivity index (χ2n) is 6.13. The van der Waals surface area contributed by atoms with E-state index in [1.54, 1.807) is 0 Å². The van der Waals surface area contributed by atoms with Crippen molar-refractivity contribution in [2.24, 2.45) is 11.3 Å². The van der Waals surface area contributed by atoms with Gasteiger partial charge < -0.3 is 15.5 Å². The second kappa shape index (κ2) is 5.17. The van der Waals surface area contributed by atoms with Crippen LogP contribution in [0.15, 0.2) is 0 Å². The van der Waals surface area contributed by atoms with E-state index < -0.39 is 0 Å². The van der Waals surface area contributed by atoms with E-state index in [2.05, 4.69) is 15.5 Å². The zero-order valence-electron chi connectivity index (χ0n) is 11.2. The van der Waals surface area contributed by atoms with E-state index in [1.807, 2.05) is 0 Å². The number of nitrogens with one attached hydrogen (secondary N) is 2. The van der Waals surface area contributed by atoms with Crippen LogP contribution in [0, 0.1) is 11.3 Å². The van der Waals surface area contributed by atoms with Crippen LogP contribution in [-0.4, -0.2) is 50.1 Å². The van der Waals surface area contributed by atoms with E-state index in [-0.39, 0.29) is 5.41 Å². The molecule has 2 N–H and O–H groups in total. The number of nitrogens with zero attached hydrogens (tertiary/aromatic N) is 1. The van der Waals surface area contributed by atoms with E-state index in [4.69, 9.17) is 0 Å². The highest BCUT2D eigenvalue weighted by molar-refractivity contribution is 5.84. The molecule has 0 radical (unpaired) electrons. The van der Waals surface area contributed by atoms with Crippen molar-refractivity contribution in [3.05, 3.63) is 0 Å². The van der Waals surface area contributed by atoms with Gasteiger partial charge in [0.05, 0.1) is 5.41 Å². The molecule has 2 atom stereocenters. The van der Waals surface area contributed by atoms with Crippen LogP contribution in [0.25, 0.3) is 0 Å². The van der Waals surface area contributed by atoms with Crippen molar-refractivity contribution in [1.29, 1.82) is 0 Å². The van der Waals surface area contributed by atoms with Gasteiger partial charge in [0.15, 0.2) is 0 Å². The maximum atomic E-state index is 13.0. The average Bonchev–Trinajstić information content (AvgIpc) is 2.66. The van der Waals surface area contributed by atoms with Crippen LogP contribution in [0.3, 0.4) is 0 Å².